The molecule has 0 aliphatic heterocycles. The molecule has 0 aliphatic rings. The monoisotopic (exact) mass is 709 g/mol. The highest BCUT2D eigenvalue weighted by Crippen LogP contribution is 2.43. The van der Waals surface area contributed by atoms with Gasteiger partial charge in [-0.05, 0) is 88.0 Å². The minimum absolute atomic E-state index is 1.10. The average molecular weight is 710 g/mol. The van der Waals surface area contributed by atoms with Crippen LogP contribution >= 0.6 is 0 Å². The Kier molecular flexibility index (Phi) is 5.89. The van der Waals surface area contributed by atoms with Crippen molar-refractivity contribution in [2.45, 2.75) is 0 Å². The molecule has 0 atom stereocenters. The molecule has 13 rings (SSSR count). The van der Waals surface area contributed by atoms with Crippen LogP contribution in [-0.4, -0.2) is 13.8 Å². The van der Waals surface area contributed by atoms with E-state index >= 15 is 0 Å². The van der Waals surface area contributed by atoms with Crippen molar-refractivity contribution in [1.29, 1.82) is 0 Å². The van der Waals surface area contributed by atoms with Gasteiger partial charge in [0.15, 0.2) is 0 Å². The number of aromatic nitrogens is 3. The normalized spacial score (nSPS) is 12.3. The third kappa shape index (κ3) is 4.04. The van der Waals surface area contributed by atoms with E-state index in [2.05, 4.69) is 185 Å². The summed E-state index contributed by atoms with van der Waals surface area (Å²) in [6.07, 6.45) is 3.94. The van der Waals surface area contributed by atoms with Crippen LogP contribution in [0.15, 0.2) is 188 Å². The second kappa shape index (κ2) is 11.0. The van der Waals surface area contributed by atoms with Gasteiger partial charge in [-0.15, -0.1) is 0 Å². The van der Waals surface area contributed by atoms with Gasteiger partial charge in [0, 0.05) is 66.6 Å². The molecule has 0 saturated carbocycles. The molecule has 56 heavy (non-hydrogen) atoms. The molecular weight excluding hydrogens is 679 g/mol. The molecule has 3 nitrogen and oxygen atoms in total. The Labute approximate surface area is 321 Å². The van der Waals surface area contributed by atoms with Crippen molar-refractivity contribution in [3.63, 3.8) is 0 Å². The smallest absolute Gasteiger partial charge is 0.0620 e. The molecular formula is C53H31N3. The Morgan fingerprint density at radius 3 is 0.857 bits per heavy atom. The van der Waals surface area contributed by atoms with Crippen LogP contribution in [0.3, 0.4) is 0 Å². The van der Waals surface area contributed by atoms with Crippen LogP contribution in [0, 0.1) is 0 Å². The zero-order chi connectivity index (χ0) is 36.5. The Bertz CT molecular complexity index is 3270. The van der Waals surface area contributed by atoms with Crippen LogP contribution in [0.1, 0.15) is 0 Å². The maximum Gasteiger partial charge on any atom is 0.0620 e. The van der Waals surface area contributed by atoms with Crippen molar-refractivity contribution >= 4 is 76.2 Å². The van der Waals surface area contributed by atoms with Gasteiger partial charge >= 0.3 is 0 Å². The summed E-state index contributed by atoms with van der Waals surface area (Å²) in [4.78, 5) is 4.71. The molecule has 0 radical (unpaired) electrons. The fourth-order valence-electron chi connectivity index (χ4n) is 9.70. The topological polar surface area (TPSA) is 21.7 Å². The van der Waals surface area contributed by atoms with Crippen molar-refractivity contribution in [3.05, 3.63) is 188 Å². The maximum atomic E-state index is 4.71. The van der Waals surface area contributed by atoms with E-state index in [0.29, 0.717) is 0 Å². The standard InChI is InChI=1S/C53H31N3/c1-5-13-48-40(9-1)44-26-36(27-45-41-10-2-6-14-49(41)55(48)52(44)45)32-17-21-34(22-18-32)38-25-39(31-54-30-38)35-23-19-33(20-24-35)37-28-46-42-11-3-7-15-50(42)56-51-16-8-4-12-43(51)47(29-37)53(46)56/h1-31H. The van der Waals surface area contributed by atoms with Gasteiger partial charge in [-0.2, -0.15) is 0 Å². The van der Waals surface area contributed by atoms with Crippen LogP contribution in [0.5, 0.6) is 0 Å². The lowest BCUT2D eigenvalue weighted by molar-refractivity contribution is 1.33. The average Bonchev–Trinajstić information content (AvgIpc) is 4.00. The zero-order valence-corrected chi connectivity index (χ0v) is 30.2. The number of benzene rings is 8. The SMILES string of the molecule is c1ccc2c(c1)c1cc(-c3ccc(-c4cncc(-c5ccc(-c6cc7c8ccccc8n8c9ccccc9c(c6)c78)cc5)c4)cc3)cc3c4ccccc4n2c13. The second-order valence-corrected chi connectivity index (χ2v) is 15.2. The predicted molar refractivity (Wildman–Crippen MR) is 235 cm³/mol. The van der Waals surface area contributed by atoms with Crippen LogP contribution in [0.4, 0.5) is 0 Å². The van der Waals surface area contributed by atoms with Crippen molar-refractivity contribution < 1.29 is 0 Å². The molecule has 0 fully saturated rings. The Morgan fingerprint density at radius 2 is 0.536 bits per heavy atom. The first-order chi connectivity index (χ1) is 27.8. The van der Waals surface area contributed by atoms with E-state index in [9.17, 15) is 0 Å². The molecule has 0 bridgehead atoms. The van der Waals surface area contributed by atoms with Gasteiger partial charge in [0.25, 0.3) is 0 Å². The summed E-state index contributed by atoms with van der Waals surface area (Å²) < 4.78 is 4.87. The van der Waals surface area contributed by atoms with Crippen LogP contribution in [0.25, 0.3) is 121 Å². The molecule has 0 aliphatic carbocycles. The first-order valence-electron chi connectivity index (χ1n) is 19.3. The number of fused-ring (bicyclic) bond motifs is 12. The number of rotatable bonds is 4. The summed E-state index contributed by atoms with van der Waals surface area (Å²) in [6, 6.07) is 64.8. The quantitative estimate of drug-likeness (QED) is 0.178. The van der Waals surface area contributed by atoms with Gasteiger partial charge in [-0.25, -0.2) is 0 Å². The lowest BCUT2D eigenvalue weighted by Crippen LogP contribution is -1.86. The van der Waals surface area contributed by atoms with Crippen molar-refractivity contribution in [2.75, 3.05) is 0 Å². The van der Waals surface area contributed by atoms with Crippen molar-refractivity contribution in [2.24, 2.45) is 0 Å². The number of hydrogen-bond acceptors (Lipinski definition) is 1. The molecule has 0 amide bonds. The van der Waals surface area contributed by atoms with Crippen molar-refractivity contribution in [3.8, 4) is 44.5 Å². The van der Waals surface area contributed by atoms with E-state index in [-0.39, 0.29) is 0 Å². The lowest BCUT2D eigenvalue weighted by atomic mass is 9.96. The minimum atomic E-state index is 1.10. The van der Waals surface area contributed by atoms with E-state index in [0.717, 1.165) is 22.3 Å². The van der Waals surface area contributed by atoms with Crippen LogP contribution < -0.4 is 0 Å². The molecule has 8 aromatic carbocycles. The number of para-hydroxylation sites is 4. The molecule has 5 heterocycles. The first-order valence-corrected chi connectivity index (χ1v) is 19.3. The number of hydrogen-bond donors (Lipinski definition) is 0. The molecule has 0 unspecified atom stereocenters. The predicted octanol–water partition coefficient (Wildman–Crippen LogP) is 14.0. The van der Waals surface area contributed by atoms with Gasteiger partial charge in [-0.1, -0.05) is 121 Å². The third-order valence-corrected chi connectivity index (χ3v) is 12.2. The molecule has 5 aromatic heterocycles. The largest absolute Gasteiger partial charge is 0.308 e. The molecule has 0 N–H and O–H groups in total. The molecule has 3 heteroatoms. The lowest BCUT2D eigenvalue weighted by Gasteiger charge is -2.09. The zero-order valence-electron chi connectivity index (χ0n) is 30.2. The highest BCUT2D eigenvalue weighted by Gasteiger charge is 2.20. The van der Waals surface area contributed by atoms with Gasteiger partial charge in [-0.3, -0.25) is 4.98 Å². The van der Waals surface area contributed by atoms with E-state index in [4.69, 9.17) is 4.98 Å². The Hall–Kier alpha value is -7.49. The first kappa shape index (κ1) is 29.9. The second-order valence-electron chi connectivity index (χ2n) is 15.2. The number of pyridine rings is 1. The van der Waals surface area contributed by atoms with E-state index < -0.39 is 0 Å². The minimum Gasteiger partial charge on any atom is -0.308 e. The van der Waals surface area contributed by atoms with Gasteiger partial charge in [0.05, 0.1) is 33.1 Å². The summed E-state index contributed by atoms with van der Waals surface area (Å²) in [5.41, 5.74) is 17.0. The summed E-state index contributed by atoms with van der Waals surface area (Å²) in [5, 5.41) is 10.4. The van der Waals surface area contributed by atoms with Crippen LogP contribution in [0.2, 0.25) is 0 Å². The highest BCUT2D eigenvalue weighted by molar-refractivity contribution is 6.25. The maximum absolute atomic E-state index is 4.71. The molecule has 13 aromatic rings. The summed E-state index contributed by atoms with van der Waals surface area (Å²) in [7, 11) is 0. The third-order valence-electron chi connectivity index (χ3n) is 12.2. The summed E-state index contributed by atoms with van der Waals surface area (Å²) in [5.74, 6) is 0. The van der Waals surface area contributed by atoms with Crippen LogP contribution in [-0.2, 0) is 0 Å². The molecule has 258 valence electrons. The van der Waals surface area contributed by atoms with E-state index in [1.165, 1.54) is 98.4 Å². The van der Waals surface area contributed by atoms with Gasteiger partial charge in [0.2, 0.25) is 0 Å². The molecule has 0 spiro atoms. The van der Waals surface area contributed by atoms with Gasteiger partial charge in [0.1, 0.15) is 0 Å². The van der Waals surface area contributed by atoms with E-state index in [1.807, 2.05) is 12.4 Å². The molecule has 0 saturated heterocycles. The number of nitrogens with zero attached hydrogens (tertiary/aromatic N) is 3. The van der Waals surface area contributed by atoms with Gasteiger partial charge < -0.3 is 8.80 Å². The summed E-state index contributed by atoms with van der Waals surface area (Å²) >= 11 is 0. The Morgan fingerprint density at radius 1 is 0.250 bits per heavy atom. The Balaban J connectivity index is 0.853. The fourth-order valence-corrected chi connectivity index (χ4v) is 9.70. The fraction of sp³-hybridized carbons (Fsp3) is 0. The van der Waals surface area contributed by atoms with E-state index in [1.54, 1.807) is 0 Å². The van der Waals surface area contributed by atoms with Crippen molar-refractivity contribution in [1.82, 2.24) is 13.8 Å². The highest BCUT2D eigenvalue weighted by atomic mass is 14.9. The summed E-state index contributed by atoms with van der Waals surface area (Å²) in [6.45, 7) is 0.